The molecule has 2 aromatic carbocycles. The van der Waals surface area contributed by atoms with Gasteiger partial charge in [-0.2, -0.15) is 5.11 Å². The normalized spacial score (nSPS) is 20.6. The molecular weight excluding hydrogens is 405 g/mol. The minimum Gasteiger partial charge on any atom is -0.324 e. The summed E-state index contributed by atoms with van der Waals surface area (Å²) in [6, 6.07) is 11.3. The van der Waals surface area contributed by atoms with Crippen LogP contribution in [-0.4, -0.2) is 41.4 Å². The molecule has 8 nitrogen and oxygen atoms in total. The van der Waals surface area contributed by atoms with Crippen LogP contribution in [0, 0.1) is 0 Å². The van der Waals surface area contributed by atoms with Crippen molar-refractivity contribution in [3.05, 3.63) is 58.6 Å². The number of hydrogen-bond acceptors (Lipinski definition) is 6. The zero-order valence-electron chi connectivity index (χ0n) is 14.3. The predicted molar refractivity (Wildman–Crippen MR) is 103 cm³/mol. The van der Waals surface area contributed by atoms with Crippen LogP contribution in [0.4, 0.5) is 11.4 Å². The molecule has 0 unspecified atom stereocenters. The summed E-state index contributed by atoms with van der Waals surface area (Å²) in [5.41, 5.74) is 0.836. The molecule has 4 rings (SSSR count). The zero-order chi connectivity index (χ0) is 19.8. The van der Waals surface area contributed by atoms with E-state index in [4.69, 9.17) is 23.2 Å². The summed E-state index contributed by atoms with van der Waals surface area (Å²) < 4.78 is 0. The summed E-state index contributed by atoms with van der Waals surface area (Å²) in [5, 5.41) is 12.2. The van der Waals surface area contributed by atoms with E-state index >= 15 is 0 Å². The zero-order valence-corrected chi connectivity index (χ0v) is 15.8. The van der Waals surface area contributed by atoms with Crippen molar-refractivity contribution < 1.29 is 14.4 Å². The van der Waals surface area contributed by atoms with Crippen LogP contribution in [0.25, 0.3) is 0 Å². The molecule has 1 saturated heterocycles. The Morgan fingerprint density at radius 3 is 2.54 bits per heavy atom. The van der Waals surface area contributed by atoms with Crippen molar-refractivity contribution in [3.8, 4) is 0 Å². The second-order valence-electron chi connectivity index (χ2n) is 6.21. The van der Waals surface area contributed by atoms with Gasteiger partial charge in [-0.05, 0) is 30.3 Å². The van der Waals surface area contributed by atoms with Gasteiger partial charge in [0.2, 0.25) is 5.91 Å². The maximum absolute atomic E-state index is 12.9. The monoisotopic (exact) mass is 417 g/mol. The highest BCUT2D eigenvalue weighted by molar-refractivity contribution is 6.38. The molecule has 0 bridgehead atoms. The Labute approximate surface area is 169 Å². The van der Waals surface area contributed by atoms with E-state index in [0.29, 0.717) is 10.7 Å². The number of amides is 3. The molecule has 142 valence electrons. The van der Waals surface area contributed by atoms with E-state index in [1.54, 1.807) is 24.3 Å². The fourth-order valence-corrected chi connectivity index (χ4v) is 3.62. The molecule has 28 heavy (non-hydrogen) atoms. The third kappa shape index (κ3) is 3.21. The van der Waals surface area contributed by atoms with Crippen LogP contribution in [0.15, 0.2) is 58.9 Å². The highest BCUT2D eigenvalue weighted by Gasteiger charge is 2.55. The number of para-hydroxylation sites is 1. The molecule has 0 aromatic heterocycles. The quantitative estimate of drug-likeness (QED) is 0.773. The van der Waals surface area contributed by atoms with E-state index in [2.05, 4.69) is 15.7 Å². The van der Waals surface area contributed by atoms with Crippen molar-refractivity contribution in [2.24, 2.45) is 10.3 Å². The van der Waals surface area contributed by atoms with Crippen molar-refractivity contribution in [1.82, 2.24) is 5.01 Å². The van der Waals surface area contributed by atoms with Gasteiger partial charge in [-0.15, -0.1) is 0 Å². The fourth-order valence-electron chi connectivity index (χ4n) is 3.12. The first-order valence-electron chi connectivity index (χ1n) is 8.31. The largest absolute Gasteiger partial charge is 0.324 e. The number of hydrogen-bond donors (Lipinski definition) is 1. The molecule has 0 radical (unpaired) electrons. The van der Waals surface area contributed by atoms with E-state index in [0.717, 1.165) is 4.90 Å². The van der Waals surface area contributed by atoms with E-state index in [-0.39, 0.29) is 23.2 Å². The number of fused-ring (bicyclic) bond motifs is 1. The topological polar surface area (TPSA) is 94.4 Å². The van der Waals surface area contributed by atoms with Crippen LogP contribution in [-0.2, 0) is 14.4 Å². The molecule has 2 aromatic rings. The summed E-state index contributed by atoms with van der Waals surface area (Å²) in [6.07, 6.45) is 0. The Bertz CT molecular complexity index is 998. The first-order chi connectivity index (χ1) is 13.5. The van der Waals surface area contributed by atoms with Gasteiger partial charge in [-0.3, -0.25) is 19.4 Å². The SMILES string of the molecule is O=C(CN1N=N[C@@H]2C(=O)N(c3ccc(Cl)cc3Cl)C(=O)[C@@H]21)Nc1ccccc1. The third-order valence-corrected chi connectivity index (χ3v) is 4.91. The molecule has 0 saturated carbocycles. The van der Waals surface area contributed by atoms with E-state index in [1.807, 2.05) is 6.07 Å². The van der Waals surface area contributed by atoms with Gasteiger partial charge in [0.1, 0.15) is 6.54 Å². The Balaban J connectivity index is 1.52. The van der Waals surface area contributed by atoms with Gasteiger partial charge in [0.25, 0.3) is 11.8 Å². The lowest BCUT2D eigenvalue weighted by molar-refractivity contribution is -0.123. The predicted octanol–water partition coefficient (Wildman–Crippen LogP) is 2.93. The second-order valence-corrected chi connectivity index (χ2v) is 7.06. The summed E-state index contributed by atoms with van der Waals surface area (Å²) in [4.78, 5) is 38.8. The van der Waals surface area contributed by atoms with Gasteiger partial charge in [-0.25, -0.2) is 4.90 Å². The molecule has 0 spiro atoms. The van der Waals surface area contributed by atoms with Gasteiger partial charge in [-0.1, -0.05) is 46.6 Å². The van der Waals surface area contributed by atoms with E-state index in [1.165, 1.54) is 23.2 Å². The third-order valence-electron chi connectivity index (χ3n) is 4.37. The molecule has 2 atom stereocenters. The Kier molecular flexibility index (Phi) is 4.74. The Morgan fingerprint density at radius 1 is 1.07 bits per heavy atom. The van der Waals surface area contributed by atoms with Gasteiger partial charge in [0.15, 0.2) is 12.1 Å². The number of carbonyl (C=O) groups excluding carboxylic acids is 3. The number of anilines is 2. The molecule has 0 aliphatic carbocycles. The van der Waals surface area contributed by atoms with Crippen LogP contribution in [0.2, 0.25) is 10.0 Å². The van der Waals surface area contributed by atoms with Crippen molar-refractivity contribution in [2.45, 2.75) is 12.1 Å². The van der Waals surface area contributed by atoms with Gasteiger partial charge in [0, 0.05) is 10.7 Å². The van der Waals surface area contributed by atoms with Gasteiger partial charge >= 0.3 is 0 Å². The summed E-state index contributed by atoms with van der Waals surface area (Å²) in [6.45, 7) is -0.221. The minimum atomic E-state index is -1.01. The minimum absolute atomic E-state index is 0.166. The summed E-state index contributed by atoms with van der Waals surface area (Å²) in [5.74, 6) is -1.47. The van der Waals surface area contributed by atoms with Crippen LogP contribution < -0.4 is 10.2 Å². The number of nitrogens with zero attached hydrogens (tertiary/aromatic N) is 4. The van der Waals surface area contributed by atoms with Crippen molar-refractivity contribution in [3.63, 3.8) is 0 Å². The Morgan fingerprint density at radius 2 is 1.82 bits per heavy atom. The Hall–Kier alpha value is -2.97. The lowest BCUT2D eigenvalue weighted by Gasteiger charge is -2.20. The molecule has 2 aliphatic rings. The standard InChI is InChI=1S/C18H13Cl2N5O3/c19-10-6-7-13(12(20)8-10)25-17(27)15-16(18(25)28)24(23-22-15)9-14(26)21-11-4-2-1-3-5-11/h1-8,15-16H,9H2,(H,21,26)/t15-,16+/m0/s1. The maximum atomic E-state index is 12.9. The lowest BCUT2D eigenvalue weighted by Crippen LogP contribution is -2.43. The fraction of sp³-hybridized carbons (Fsp3) is 0.167. The van der Waals surface area contributed by atoms with Gasteiger partial charge in [0.05, 0.1) is 10.7 Å². The first-order valence-corrected chi connectivity index (χ1v) is 9.06. The molecule has 10 heteroatoms. The van der Waals surface area contributed by atoms with Crippen LogP contribution in [0.3, 0.4) is 0 Å². The van der Waals surface area contributed by atoms with Crippen LogP contribution in [0.5, 0.6) is 0 Å². The lowest BCUT2D eigenvalue weighted by atomic mass is 10.1. The second kappa shape index (κ2) is 7.21. The highest BCUT2D eigenvalue weighted by atomic mass is 35.5. The number of rotatable bonds is 4. The molecule has 2 aliphatic heterocycles. The number of carbonyl (C=O) groups is 3. The molecule has 3 amide bonds. The number of imide groups is 1. The van der Waals surface area contributed by atoms with Crippen LogP contribution in [0.1, 0.15) is 0 Å². The molecule has 1 fully saturated rings. The molecular formula is C18H13Cl2N5O3. The number of nitrogens with one attached hydrogen (secondary N) is 1. The highest BCUT2D eigenvalue weighted by Crippen LogP contribution is 2.36. The smallest absolute Gasteiger partial charge is 0.263 e. The maximum Gasteiger partial charge on any atom is 0.263 e. The van der Waals surface area contributed by atoms with E-state index in [9.17, 15) is 14.4 Å². The number of halogens is 2. The van der Waals surface area contributed by atoms with Crippen molar-refractivity contribution in [1.29, 1.82) is 0 Å². The summed E-state index contributed by atoms with van der Waals surface area (Å²) >= 11 is 12.0. The van der Waals surface area contributed by atoms with Gasteiger partial charge < -0.3 is 5.32 Å². The van der Waals surface area contributed by atoms with Crippen molar-refractivity contribution in [2.75, 3.05) is 16.8 Å². The average molecular weight is 418 g/mol. The van der Waals surface area contributed by atoms with Crippen molar-refractivity contribution >= 4 is 52.3 Å². The number of benzene rings is 2. The summed E-state index contributed by atoms with van der Waals surface area (Å²) in [7, 11) is 0. The average Bonchev–Trinajstić information content (AvgIpc) is 3.17. The molecule has 1 N–H and O–H groups in total. The molecule has 2 heterocycles. The van der Waals surface area contributed by atoms with E-state index < -0.39 is 23.9 Å². The van der Waals surface area contributed by atoms with Crippen LogP contribution >= 0.6 is 23.2 Å². The first kappa shape index (κ1) is 18.4.